The molecule has 0 aliphatic heterocycles. The molecule has 0 atom stereocenters. The van der Waals surface area contributed by atoms with Crippen LogP contribution in [0.5, 0.6) is 0 Å². The highest BCUT2D eigenvalue weighted by molar-refractivity contribution is 6.37. The average molecular weight is 611 g/mol. The predicted octanol–water partition coefficient (Wildman–Crippen LogP) is 9.96. The van der Waals surface area contributed by atoms with Crippen molar-refractivity contribution in [3.63, 3.8) is 0 Å². The number of aromatic nitrogens is 5. The van der Waals surface area contributed by atoms with Gasteiger partial charge < -0.3 is 4.40 Å². The van der Waals surface area contributed by atoms with E-state index in [1.807, 2.05) is 36.4 Å². The molecule has 0 spiro atoms. The van der Waals surface area contributed by atoms with Gasteiger partial charge in [0, 0.05) is 54.9 Å². The summed E-state index contributed by atoms with van der Waals surface area (Å²) in [5, 5.41) is 20.0. The Hall–Kier alpha value is -6.84. The van der Waals surface area contributed by atoms with E-state index < -0.39 is 0 Å². The highest BCUT2D eigenvalue weighted by Crippen LogP contribution is 2.47. The number of para-hydroxylation sites is 2. The summed E-state index contributed by atoms with van der Waals surface area (Å²) in [4.78, 5) is 15.1. The molecular weight excluding hydrogens is 589 g/mol. The summed E-state index contributed by atoms with van der Waals surface area (Å²) in [6.45, 7) is 0. The second-order valence-corrected chi connectivity index (χ2v) is 12.4. The Balaban J connectivity index is 1.35. The molecule has 0 bridgehead atoms. The van der Waals surface area contributed by atoms with E-state index in [9.17, 15) is 5.26 Å². The minimum Gasteiger partial charge on any atom is -0.307 e. The van der Waals surface area contributed by atoms with Gasteiger partial charge in [0.1, 0.15) is 0 Å². The lowest BCUT2D eigenvalue weighted by atomic mass is 10.0. The van der Waals surface area contributed by atoms with Crippen molar-refractivity contribution >= 4 is 81.7 Å². The zero-order valence-corrected chi connectivity index (χ0v) is 25.4. The number of pyridine rings is 1. The molecule has 0 amide bonds. The summed E-state index contributed by atoms with van der Waals surface area (Å²) in [6, 6.07) is 46.5. The quantitative estimate of drug-likeness (QED) is 0.195. The van der Waals surface area contributed by atoms with Crippen molar-refractivity contribution in [3.05, 3.63) is 139 Å². The molecular formula is C42H22N6. The van der Waals surface area contributed by atoms with Crippen LogP contribution in [0.3, 0.4) is 0 Å². The highest BCUT2D eigenvalue weighted by Gasteiger charge is 2.26. The van der Waals surface area contributed by atoms with E-state index in [1.165, 1.54) is 54.3 Å². The molecule has 0 saturated heterocycles. The summed E-state index contributed by atoms with van der Waals surface area (Å²) < 4.78 is 4.68. The van der Waals surface area contributed by atoms with Gasteiger partial charge >= 0.3 is 0 Å². The van der Waals surface area contributed by atoms with Crippen molar-refractivity contribution in [2.45, 2.75) is 0 Å². The normalized spacial score (nSPS) is 12.1. The van der Waals surface area contributed by atoms with E-state index in [2.05, 4.69) is 106 Å². The van der Waals surface area contributed by atoms with Crippen molar-refractivity contribution in [1.82, 2.24) is 23.9 Å². The lowest BCUT2D eigenvalue weighted by Gasteiger charge is -2.11. The Morgan fingerprint density at radius 1 is 0.542 bits per heavy atom. The number of hydrogen-bond donors (Lipinski definition) is 0. The molecule has 48 heavy (non-hydrogen) atoms. The van der Waals surface area contributed by atoms with Crippen LogP contribution in [-0.2, 0) is 0 Å². The van der Waals surface area contributed by atoms with Gasteiger partial charge in [0.05, 0.1) is 44.9 Å². The molecule has 0 unspecified atom stereocenters. The molecule has 6 nitrogen and oxygen atoms in total. The Bertz CT molecular complexity index is 3180. The van der Waals surface area contributed by atoms with Crippen molar-refractivity contribution in [1.29, 1.82) is 5.26 Å². The number of benzene rings is 6. The smallest absolute Gasteiger partial charge is 0.237 e. The zero-order chi connectivity index (χ0) is 31.5. The standard InChI is InChI=1S/C42H22N6/c43-23-24-15-17-26(18-16-24)38-31-12-7-21-44-41(31)46-42(45-38)47-34-14-6-4-11-29(34)36-35(47)22-32-28-10-3-5-13-33(28)48-39-27-9-2-1-8-25(27)19-20-30(39)37(36)40(32)48/h1-22H. The molecule has 11 rings (SSSR count). The lowest BCUT2D eigenvalue weighted by Crippen LogP contribution is -2.04. The highest BCUT2D eigenvalue weighted by atomic mass is 15.2. The molecule has 6 aromatic carbocycles. The van der Waals surface area contributed by atoms with Crippen LogP contribution in [0.15, 0.2) is 134 Å². The topological polar surface area (TPSA) is 71.8 Å². The van der Waals surface area contributed by atoms with Crippen LogP contribution >= 0.6 is 0 Å². The van der Waals surface area contributed by atoms with E-state index in [0.29, 0.717) is 17.2 Å². The fourth-order valence-electron chi connectivity index (χ4n) is 7.95. The van der Waals surface area contributed by atoms with Crippen LogP contribution in [0, 0.1) is 11.3 Å². The zero-order valence-electron chi connectivity index (χ0n) is 25.4. The number of fused-ring (bicyclic) bond motifs is 13. The van der Waals surface area contributed by atoms with Crippen molar-refractivity contribution < 1.29 is 0 Å². The number of nitrogens with zero attached hydrogens (tertiary/aromatic N) is 6. The van der Waals surface area contributed by atoms with Gasteiger partial charge in [-0.05, 0) is 47.9 Å². The van der Waals surface area contributed by atoms with Crippen LogP contribution < -0.4 is 0 Å². The third-order valence-corrected chi connectivity index (χ3v) is 9.93. The van der Waals surface area contributed by atoms with E-state index in [4.69, 9.17) is 15.0 Å². The Morgan fingerprint density at radius 2 is 1.29 bits per heavy atom. The van der Waals surface area contributed by atoms with Gasteiger partial charge in [-0.15, -0.1) is 0 Å². The second kappa shape index (κ2) is 9.12. The van der Waals surface area contributed by atoms with E-state index in [0.717, 1.165) is 33.1 Å². The number of rotatable bonds is 2. The van der Waals surface area contributed by atoms with Crippen molar-refractivity contribution in [2.24, 2.45) is 0 Å². The first-order chi connectivity index (χ1) is 23.8. The fourth-order valence-corrected chi connectivity index (χ4v) is 7.95. The fraction of sp³-hybridized carbons (Fsp3) is 0. The lowest BCUT2D eigenvalue weighted by molar-refractivity contribution is 1.01. The van der Waals surface area contributed by atoms with Crippen LogP contribution in [0.25, 0.3) is 98.9 Å². The Morgan fingerprint density at radius 3 is 2.15 bits per heavy atom. The monoisotopic (exact) mass is 610 g/mol. The van der Waals surface area contributed by atoms with Gasteiger partial charge in [-0.25, -0.2) is 9.97 Å². The van der Waals surface area contributed by atoms with Gasteiger partial charge in [-0.3, -0.25) is 4.57 Å². The first kappa shape index (κ1) is 25.4. The van der Waals surface area contributed by atoms with Crippen molar-refractivity contribution in [3.8, 4) is 23.3 Å². The largest absolute Gasteiger partial charge is 0.307 e. The Kier molecular flexibility index (Phi) is 4.82. The first-order valence-electron chi connectivity index (χ1n) is 15.9. The molecule has 0 aliphatic carbocycles. The SMILES string of the molecule is N#Cc1ccc(-c2nc(-n3c4ccccc4c4c5c6ccc7ccccc7c6n6c7ccccc7c(cc43)c56)nc3ncccc23)cc1. The second-order valence-electron chi connectivity index (χ2n) is 12.4. The van der Waals surface area contributed by atoms with E-state index in [-0.39, 0.29) is 0 Å². The van der Waals surface area contributed by atoms with Gasteiger partial charge in [0.15, 0.2) is 5.65 Å². The van der Waals surface area contributed by atoms with Gasteiger partial charge in [-0.2, -0.15) is 10.2 Å². The molecule has 0 N–H and O–H groups in total. The number of hydrogen-bond acceptors (Lipinski definition) is 4. The molecule has 5 aromatic heterocycles. The van der Waals surface area contributed by atoms with Gasteiger partial charge in [0.25, 0.3) is 0 Å². The summed E-state index contributed by atoms with van der Waals surface area (Å²) in [5.41, 5.74) is 8.64. The summed E-state index contributed by atoms with van der Waals surface area (Å²) in [7, 11) is 0. The van der Waals surface area contributed by atoms with Gasteiger partial charge in [-0.1, -0.05) is 84.9 Å². The third kappa shape index (κ3) is 3.17. The van der Waals surface area contributed by atoms with Crippen molar-refractivity contribution in [2.75, 3.05) is 0 Å². The maximum absolute atomic E-state index is 9.44. The maximum atomic E-state index is 9.44. The number of nitriles is 1. The average Bonchev–Trinajstić information content (AvgIpc) is 3.79. The minimum absolute atomic E-state index is 0.554. The third-order valence-electron chi connectivity index (χ3n) is 9.93. The van der Waals surface area contributed by atoms with Crippen LogP contribution in [0.2, 0.25) is 0 Å². The molecule has 11 aromatic rings. The van der Waals surface area contributed by atoms with Crippen LogP contribution in [0.4, 0.5) is 0 Å². The molecule has 0 saturated carbocycles. The maximum Gasteiger partial charge on any atom is 0.237 e. The van der Waals surface area contributed by atoms with Crippen LogP contribution in [0.1, 0.15) is 5.56 Å². The van der Waals surface area contributed by atoms with Gasteiger partial charge in [0.2, 0.25) is 5.95 Å². The van der Waals surface area contributed by atoms with E-state index in [1.54, 1.807) is 6.20 Å². The first-order valence-corrected chi connectivity index (χ1v) is 15.9. The Labute approximate surface area is 272 Å². The summed E-state index contributed by atoms with van der Waals surface area (Å²) >= 11 is 0. The summed E-state index contributed by atoms with van der Waals surface area (Å²) in [5.74, 6) is 0.554. The minimum atomic E-state index is 0.554. The van der Waals surface area contributed by atoms with E-state index >= 15 is 0 Å². The molecule has 0 aliphatic rings. The molecule has 6 heteroatoms. The van der Waals surface area contributed by atoms with Crippen LogP contribution in [-0.4, -0.2) is 23.9 Å². The molecule has 5 heterocycles. The molecule has 0 radical (unpaired) electrons. The predicted molar refractivity (Wildman–Crippen MR) is 194 cm³/mol. The summed E-state index contributed by atoms with van der Waals surface area (Å²) in [6.07, 6.45) is 1.77. The molecule has 220 valence electrons. The molecule has 0 fully saturated rings.